The fourth-order valence-electron chi connectivity index (χ4n) is 2.54. The topological polar surface area (TPSA) is 78.9 Å². The van der Waals surface area contributed by atoms with Crippen LogP contribution in [-0.2, 0) is 19.0 Å². The largest absolute Gasteiger partial charge is 0.416 e. The molecule has 1 atom stereocenters. The van der Waals surface area contributed by atoms with Crippen LogP contribution in [0.1, 0.15) is 41.5 Å². The van der Waals surface area contributed by atoms with Gasteiger partial charge in [0.05, 0.1) is 11.1 Å². The lowest BCUT2D eigenvalue weighted by Gasteiger charge is -2.14. The molecule has 0 saturated heterocycles. The second kappa shape index (κ2) is 7.73. The minimum Gasteiger partial charge on any atom is -0.416 e. The molecule has 7 heteroatoms. The predicted molar refractivity (Wildman–Crippen MR) is 100 cm³/mol. The molecule has 0 N–H and O–H groups in total. The quantitative estimate of drug-likeness (QED) is 0.573. The van der Waals surface area contributed by atoms with Crippen molar-refractivity contribution in [2.24, 2.45) is 0 Å². The van der Waals surface area contributed by atoms with Crippen molar-refractivity contribution in [1.82, 2.24) is 0 Å². The van der Waals surface area contributed by atoms with Crippen molar-refractivity contribution < 1.29 is 35.7 Å². The summed E-state index contributed by atoms with van der Waals surface area (Å²) >= 11 is 0. The lowest BCUT2D eigenvalue weighted by molar-refractivity contribution is 0.0346. The zero-order chi connectivity index (χ0) is 22.6. The van der Waals surface area contributed by atoms with Gasteiger partial charge in [0.1, 0.15) is 0 Å². The van der Waals surface area contributed by atoms with Crippen LogP contribution in [0.15, 0.2) is 66.0 Å². The molecule has 148 valence electrons. The first-order valence-corrected chi connectivity index (χ1v) is 8.39. The van der Waals surface area contributed by atoms with E-state index in [2.05, 4.69) is 0 Å². The van der Waals surface area contributed by atoms with Crippen LogP contribution in [0.4, 0.5) is 4.39 Å². The molecule has 0 fully saturated rings. The number of rotatable bonds is 4. The third-order valence-corrected chi connectivity index (χ3v) is 4.21. The van der Waals surface area contributed by atoms with Gasteiger partial charge >= 0.3 is 17.9 Å². The standard InChI is InChI=1S/C22H17FO6/c1-13-8-7-11-16(14(13)2)20(26)29-21-18(22(3,23)17(12-24)27-21)28-19(25)15-9-5-4-6-10-15/h4-11H,1-3H3/t22-/m1/s1/i1D,2D. The van der Waals surface area contributed by atoms with E-state index < -0.39 is 35.1 Å². The fraction of sp³-hybridized carbons (Fsp3) is 0.182. The highest BCUT2D eigenvalue weighted by Gasteiger charge is 2.51. The summed E-state index contributed by atoms with van der Waals surface area (Å²) in [4.78, 5) is 36.2. The monoisotopic (exact) mass is 398 g/mol. The molecule has 0 amide bonds. The molecule has 2 aromatic carbocycles. The van der Waals surface area contributed by atoms with Crippen molar-refractivity contribution in [3.8, 4) is 0 Å². The van der Waals surface area contributed by atoms with E-state index in [1.807, 2.05) is 0 Å². The fourth-order valence-corrected chi connectivity index (χ4v) is 2.54. The zero-order valence-electron chi connectivity index (χ0n) is 17.4. The summed E-state index contributed by atoms with van der Waals surface area (Å²) < 4.78 is 45.5. The molecular formula is C22H17FO6. The molecule has 2 aromatic rings. The van der Waals surface area contributed by atoms with Gasteiger partial charge in [-0.2, -0.15) is 0 Å². The molecule has 3 rings (SSSR count). The number of hydrogen-bond acceptors (Lipinski definition) is 6. The van der Waals surface area contributed by atoms with Gasteiger partial charge in [-0.1, -0.05) is 30.3 Å². The van der Waals surface area contributed by atoms with Gasteiger partial charge in [-0.05, 0) is 50.0 Å². The van der Waals surface area contributed by atoms with E-state index >= 15 is 4.39 Å². The Morgan fingerprint density at radius 1 is 1.07 bits per heavy atom. The second-order valence-electron chi connectivity index (χ2n) is 6.24. The molecule has 0 spiro atoms. The lowest BCUT2D eigenvalue weighted by atomic mass is 10.0. The van der Waals surface area contributed by atoms with E-state index in [0.29, 0.717) is 5.56 Å². The molecule has 0 radical (unpaired) electrons. The van der Waals surface area contributed by atoms with Gasteiger partial charge in [-0.25, -0.2) is 18.8 Å². The van der Waals surface area contributed by atoms with Crippen LogP contribution in [-0.4, -0.2) is 23.5 Å². The van der Waals surface area contributed by atoms with Gasteiger partial charge in [0, 0.05) is 2.74 Å². The Labute approximate surface area is 169 Å². The van der Waals surface area contributed by atoms with E-state index in [1.54, 1.807) is 24.3 Å². The summed E-state index contributed by atoms with van der Waals surface area (Å²) in [5, 5.41) is 0. The molecular weight excluding hydrogens is 379 g/mol. The molecule has 0 aliphatic carbocycles. The van der Waals surface area contributed by atoms with Crippen LogP contribution in [0.25, 0.3) is 0 Å². The van der Waals surface area contributed by atoms with Crippen LogP contribution in [0.3, 0.4) is 0 Å². The van der Waals surface area contributed by atoms with Gasteiger partial charge in [0.2, 0.25) is 17.2 Å². The maximum absolute atomic E-state index is 15.2. The number of aryl methyl sites for hydroxylation is 1. The highest BCUT2D eigenvalue weighted by atomic mass is 19.1. The summed E-state index contributed by atoms with van der Waals surface area (Å²) in [5.74, 6) is -3.20. The van der Waals surface area contributed by atoms with E-state index in [4.69, 9.17) is 17.0 Å². The number of hydrogen-bond donors (Lipinski definition) is 0. The molecule has 29 heavy (non-hydrogen) atoms. The second-order valence-corrected chi connectivity index (χ2v) is 6.24. The number of carbonyl (C=O) groups is 2. The third-order valence-electron chi connectivity index (χ3n) is 4.21. The maximum Gasteiger partial charge on any atom is 0.346 e. The van der Waals surface area contributed by atoms with Gasteiger partial charge in [-0.3, -0.25) is 0 Å². The third kappa shape index (κ3) is 3.81. The van der Waals surface area contributed by atoms with E-state index in [0.717, 1.165) is 6.92 Å². The summed E-state index contributed by atoms with van der Waals surface area (Å²) in [6.07, 6.45) is 0. The molecule has 0 saturated carbocycles. The summed E-state index contributed by atoms with van der Waals surface area (Å²) in [6, 6.07) is 12.2. The van der Waals surface area contributed by atoms with Gasteiger partial charge in [0.15, 0.2) is 5.94 Å². The van der Waals surface area contributed by atoms with Gasteiger partial charge < -0.3 is 14.2 Å². The van der Waals surface area contributed by atoms with Crippen molar-refractivity contribution in [1.29, 1.82) is 0 Å². The number of ether oxygens (including phenoxy) is 3. The van der Waals surface area contributed by atoms with Crippen LogP contribution in [0.2, 0.25) is 0 Å². The van der Waals surface area contributed by atoms with Crippen LogP contribution < -0.4 is 0 Å². The van der Waals surface area contributed by atoms with Crippen LogP contribution in [0.5, 0.6) is 0 Å². The average Bonchev–Trinajstić information content (AvgIpc) is 3.02. The van der Waals surface area contributed by atoms with Crippen molar-refractivity contribution in [3.63, 3.8) is 0 Å². The van der Waals surface area contributed by atoms with Gasteiger partial charge in [0.25, 0.3) is 0 Å². The first-order chi connectivity index (χ1) is 14.8. The Morgan fingerprint density at radius 3 is 2.48 bits per heavy atom. The number of halogens is 1. The van der Waals surface area contributed by atoms with Crippen molar-refractivity contribution in [3.05, 3.63) is 88.2 Å². The molecule has 1 heterocycles. The van der Waals surface area contributed by atoms with Crippen LogP contribution >= 0.6 is 0 Å². The number of alkyl halides is 1. The smallest absolute Gasteiger partial charge is 0.346 e. The van der Waals surface area contributed by atoms with Crippen molar-refractivity contribution in [2.75, 3.05) is 0 Å². The van der Waals surface area contributed by atoms with Gasteiger partial charge in [-0.15, -0.1) is 0 Å². The summed E-state index contributed by atoms with van der Waals surface area (Å²) in [6.45, 7) is 0.447. The summed E-state index contributed by atoms with van der Waals surface area (Å²) in [5.41, 5.74) is -1.93. The number of benzene rings is 2. The van der Waals surface area contributed by atoms with E-state index in [1.165, 1.54) is 30.2 Å². The Morgan fingerprint density at radius 2 is 1.83 bits per heavy atom. The molecule has 1 aliphatic heterocycles. The molecule has 0 aromatic heterocycles. The average molecular weight is 398 g/mol. The molecule has 6 nitrogen and oxygen atoms in total. The van der Waals surface area contributed by atoms with Crippen molar-refractivity contribution in [2.45, 2.75) is 26.4 Å². The van der Waals surface area contributed by atoms with Crippen molar-refractivity contribution >= 4 is 17.9 Å². The van der Waals surface area contributed by atoms with E-state index in [9.17, 15) is 14.4 Å². The highest BCUT2D eigenvalue weighted by Crippen LogP contribution is 2.41. The summed E-state index contributed by atoms with van der Waals surface area (Å²) in [7, 11) is 0. The Hall–Kier alpha value is -3.70. The SMILES string of the molecule is [2H]Cc1cccc(C(=O)OC2=C(OC(=O)c3ccccc3)[C@](C)(F)C(=C=O)O2)c1C[2H]. The Balaban J connectivity index is 1.98. The zero-order valence-corrected chi connectivity index (χ0v) is 15.4. The molecule has 0 bridgehead atoms. The minimum absolute atomic E-state index is 0.0336. The predicted octanol–water partition coefficient (Wildman–Crippen LogP) is 3.96. The number of esters is 2. The number of carbonyl (C=O) groups excluding carboxylic acids is 3. The Kier molecular flexibility index (Phi) is 4.64. The minimum atomic E-state index is -2.71. The first-order valence-electron chi connectivity index (χ1n) is 9.80. The highest BCUT2D eigenvalue weighted by molar-refractivity contribution is 5.92. The first kappa shape index (κ1) is 17.4. The Bertz CT molecular complexity index is 1100. The maximum atomic E-state index is 15.2. The molecule has 0 unspecified atom stereocenters. The lowest BCUT2D eigenvalue weighted by Crippen LogP contribution is -2.24. The normalized spacial score (nSPS) is 19.0. The van der Waals surface area contributed by atoms with E-state index in [-0.39, 0.29) is 30.5 Å². The van der Waals surface area contributed by atoms with Crippen LogP contribution in [0, 0.1) is 13.8 Å². The molecule has 1 aliphatic rings.